The minimum atomic E-state index is -2.74. The van der Waals surface area contributed by atoms with Crippen LogP contribution < -0.4 is 5.32 Å². The van der Waals surface area contributed by atoms with Crippen LogP contribution in [-0.4, -0.2) is 11.5 Å². The molecule has 4 aromatic rings. The number of nitrogens with one attached hydrogen (secondary N) is 2. The van der Waals surface area contributed by atoms with E-state index in [1.807, 2.05) is 36.4 Å². The number of hydrogen-bond donors (Lipinski definition) is 2. The van der Waals surface area contributed by atoms with E-state index in [2.05, 4.69) is 63.9 Å². The van der Waals surface area contributed by atoms with E-state index in [-0.39, 0.29) is 5.56 Å². The molecule has 1 aromatic heterocycles. The Morgan fingerprint density at radius 2 is 1.79 bits per heavy atom. The van der Waals surface area contributed by atoms with Crippen LogP contribution in [0.5, 0.6) is 0 Å². The van der Waals surface area contributed by atoms with E-state index in [9.17, 15) is 8.78 Å². The van der Waals surface area contributed by atoms with Crippen molar-refractivity contribution in [3.8, 4) is 0 Å². The van der Waals surface area contributed by atoms with Gasteiger partial charge in [0, 0.05) is 44.4 Å². The molecule has 0 atom stereocenters. The molecule has 174 valence electrons. The molecule has 2 N–H and O–H groups in total. The van der Waals surface area contributed by atoms with Crippen LogP contribution in [0.15, 0.2) is 79.5 Å². The molecule has 1 aliphatic carbocycles. The molecule has 0 amide bonds. The van der Waals surface area contributed by atoms with Gasteiger partial charge in [-0.2, -0.15) is 0 Å². The van der Waals surface area contributed by atoms with Crippen molar-refractivity contribution in [2.24, 2.45) is 5.92 Å². The molecule has 2 nitrogen and oxygen atoms in total. The Morgan fingerprint density at radius 3 is 2.56 bits per heavy atom. The summed E-state index contributed by atoms with van der Waals surface area (Å²) in [6.45, 7) is 4.97. The van der Waals surface area contributed by atoms with Gasteiger partial charge in [-0.05, 0) is 88.7 Å². The molecule has 3 aromatic carbocycles. The van der Waals surface area contributed by atoms with Gasteiger partial charge in [-0.15, -0.1) is 0 Å². The van der Waals surface area contributed by atoms with Crippen molar-refractivity contribution in [1.82, 2.24) is 10.3 Å². The topological polar surface area (TPSA) is 27.8 Å². The minimum absolute atomic E-state index is 0.180. The van der Waals surface area contributed by atoms with Crippen molar-refractivity contribution < 1.29 is 8.78 Å². The average Bonchev–Trinajstić information content (AvgIpc) is 3.63. The zero-order chi connectivity index (χ0) is 23.7. The lowest BCUT2D eigenvalue weighted by atomic mass is 9.93. The van der Waals surface area contributed by atoms with E-state index < -0.39 is 11.8 Å². The van der Waals surface area contributed by atoms with Gasteiger partial charge in [-0.25, -0.2) is 8.78 Å². The molecule has 0 bridgehead atoms. The summed E-state index contributed by atoms with van der Waals surface area (Å²) in [7, 11) is 0. The van der Waals surface area contributed by atoms with Crippen molar-refractivity contribution in [3.05, 3.63) is 111 Å². The van der Waals surface area contributed by atoms with Gasteiger partial charge in [0.15, 0.2) is 0 Å². The first-order valence-electron chi connectivity index (χ1n) is 11.7. The highest BCUT2D eigenvalue weighted by atomic mass is 127. The smallest absolute Gasteiger partial charge is 0.276 e. The number of halogens is 3. The Bertz CT molecular complexity index is 1320. The average molecular weight is 568 g/mol. The number of hydrogen-bond acceptors (Lipinski definition) is 1. The first kappa shape index (κ1) is 23.1. The largest absolute Gasteiger partial charge is 0.385 e. The molecule has 1 aliphatic rings. The van der Waals surface area contributed by atoms with Gasteiger partial charge in [0.2, 0.25) is 0 Å². The zero-order valence-corrected chi connectivity index (χ0v) is 21.0. The Kier molecular flexibility index (Phi) is 6.47. The molecule has 0 spiro atoms. The Balaban J connectivity index is 1.21. The highest BCUT2D eigenvalue weighted by molar-refractivity contribution is 14.1. The molecular formula is C29H27F2IN2. The van der Waals surface area contributed by atoms with E-state index in [0.29, 0.717) is 24.8 Å². The zero-order valence-electron chi connectivity index (χ0n) is 18.9. The lowest BCUT2D eigenvalue weighted by Gasteiger charge is -2.20. The lowest BCUT2D eigenvalue weighted by molar-refractivity contribution is -0.0292. The van der Waals surface area contributed by atoms with Crippen molar-refractivity contribution in [2.45, 2.75) is 31.6 Å². The first-order chi connectivity index (χ1) is 16.4. The fraction of sp³-hybridized carbons (Fsp3) is 0.241. The van der Waals surface area contributed by atoms with Gasteiger partial charge >= 0.3 is 0 Å². The number of alkyl halides is 2. The maximum absolute atomic E-state index is 14.8. The number of aromatic nitrogens is 1. The van der Waals surface area contributed by atoms with Crippen LogP contribution in [0.4, 0.5) is 8.78 Å². The second kappa shape index (κ2) is 9.53. The summed E-state index contributed by atoms with van der Waals surface area (Å²) in [6, 6.07) is 21.4. The van der Waals surface area contributed by atoms with E-state index in [1.54, 1.807) is 12.1 Å². The molecule has 1 saturated carbocycles. The summed E-state index contributed by atoms with van der Waals surface area (Å²) < 4.78 is 30.8. The summed E-state index contributed by atoms with van der Waals surface area (Å²) in [6.07, 6.45) is 4.70. The molecule has 1 fully saturated rings. The number of aromatic amines is 1. The Hall–Kier alpha value is -2.67. The fourth-order valence-corrected chi connectivity index (χ4v) is 5.01. The monoisotopic (exact) mass is 568 g/mol. The summed E-state index contributed by atoms with van der Waals surface area (Å²) >= 11 is 2.34. The van der Waals surface area contributed by atoms with Crippen molar-refractivity contribution in [1.29, 1.82) is 0 Å². The van der Waals surface area contributed by atoms with Crippen molar-refractivity contribution in [3.63, 3.8) is 0 Å². The van der Waals surface area contributed by atoms with Crippen LogP contribution >= 0.6 is 22.6 Å². The SMILES string of the molecule is C=C(NCCc1c[nH]c2ccc(I)cc12)c1ccc(Cc2ccccc2C(F)(F)C2CC2)cc1. The minimum Gasteiger partial charge on any atom is -0.385 e. The predicted octanol–water partition coefficient (Wildman–Crippen LogP) is 7.67. The van der Waals surface area contributed by atoms with E-state index in [4.69, 9.17) is 0 Å². The Labute approximate surface area is 212 Å². The summed E-state index contributed by atoms with van der Waals surface area (Å²) in [5.74, 6) is -3.24. The predicted molar refractivity (Wildman–Crippen MR) is 144 cm³/mol. The quantitative estimate of drug-likeness (QED) is 0.199. The molecule has 34 heavy (non-hydrogen) atoms. The maximum Gasteiger partial charge on any atom is 0.276 e. The normalized spacial score (nSPS) is 13.9. The van der Waals surface area contributed by atoms with Gasteiger partial charge in [0.05, 0.1) is 0 Å². The highest BCUT2D eigenvalue weighted by Gasteiger charge is 2.48. The first-order valence-corrected chi connectivity index (χ1v) is 12.7. The van der Waals surface area contributed by atoms with Crippen LogP contribution in [0.3, 0.4) is 0 Å². The van der Waals surface area contributed by atoms with Gasteiger partial charge < -0.3 is 10.3 Å². The molecule has 1 heterocycles. The second-order valence-corrected chi connectivity index (χ2v) is 10.3. The summed E-state index contributed by atoms with van der Waals surface area (Å²) in [4.78, 5) is 3.33. The number of H-pyrrole nitrogens is 1. The van der Waals surface area contributed by atoms with Gasteiger partial charge in [0.25, 0.3) is 5.92 Å². The third-order valence-electron chi connectivity index (χ3n) is 6.63. The van der Waals surface area contributed by atoms with Crippen LogP contribution in [-0.2, 0) is 18.8 Å². The fourth-order valence-electron chi connectivity index (χ4n) is 4.52. The van der Waals surface area contributed by atoms with Crippen LogP contribution in [0.25, 0.3) is 16.6 Å². The molecule has 0 saturated heterocycles. The third-order valence-corrected chi connectivity index (χ3v) is 7.30. The van der Waals surface area contributed by atoms with Crippen LogP contribution in [0.1, 0.15) is 40.7 Å². The summed E-state index contributed by atoms with van der Waals surface area (Å²) in [5, 5.41) is 4.69. The van der Waals surface area contributed by atoms with Gasteiger partial charge in [0.1, 0.15) is 0 Å². The number of fused-ring (bicyclic) bond motifs is 1. The van der Waals surface area contributed by atoms with Crippen molar-refractivity contribution in [2.75, 3.05) is 6.54 Å². The molecule has 5 heteroatoms. The standard InChI is InChI=1S/C29H27F2IN2/c1-19(33-15-14-23-18-34-28-13-12-25(32)17-26(23)28)21-8-6-20(7-9-21)16-22-4-2-3-5-27(22)29(30,31)24-10-11-24/h2-9,12-13,17-18,24,33-34H,1,10-11,14-16H2. The lowest BCUT2D eigenvalue weighted by Crippen LogP contribution is -2.18. The molecule has 5 rings (SSSR count). The highest BCUT2D eigenvalue weighted by Crippen LogP contribution is 2.50. The third kappa shape index (κ3) is 4.90. The molecule has 0 unspecified atom stereocenters. The Morgan fingerprint density at radius 1 is 1.03 bits per heavy atom. The van der Waals surface area contributed by atoms with E-state index in [1.165, 1.54) is 14.5 Å². The molecular weight excluding hydrogens is 541 g/mol. The van der Waals surface area contributed by atoms with Gasteiger partial charge in [-0.3, -0.25) is 0 Å². The molecule has 0 radical (unpaired) electrons. The second-order valence-electron chi connectivity index (χ2n) is 9.09. The van der Waals surface area contributed by atoms with E-state index >= 15 is 0 Å². The number of rotatable bonds is 9. The maximum atomic E-state index is 14.8. The van der Waals surface area contributed by atoms with Crippen LogP contribution in [0, 0.1) is 9.49 Å². The summed E-state index contributed by atoms with van der Waals surface area (Å²) in [5.41, 5.74) is 6.21. The van der Waals surface area contributed by atoms with E-state index in [0.717, 1.165) is 35.3 Å². The van der Waals surface area contributed by atoms with Gasteiger partial charge in [-0.1, -0.05) is 55.1 Å². The van der Waals surface area contributed by atoms with Crippen molar-refractivity contribution >= 4 is 39.2 Å². The number of benzene rings is 3. The van der Waals surface area contributed by atoms with Crippen LogP contribution in [0.2, 0.25) is 0 Å². The molecule has 0 aliphatic heterocycles.